The lowest BCUT2D eigenvalue weighted by Crippen LogP contribution is -2.08. The highest BCUT2D eigenvalue weighted by atomic mass is 16.6. The summed E-state index contributed by atoms with van der Waals surface area (Å²) in [4.78, 5) is 20.9. The Bertz CT molecular complexity index is 147. The van der Waals surface area contributed by atoms with Crippen LogP contribution in [0.3, 0.4) is 0 Å². The van der Waals surface area contributed by atoms with Gasteiger partial charge in [0.25, 0.3) is 0 Å². The van der Waals surface area contributed by atoms with Crippen LogP contribution in [0.2, 0.25) is 0 Å². The van der Waals surface area contributed by atoms with Crippen molar-refractivity contribution in [2.24, 2.45) is 0 Å². The van der Waals surface area contributed by atoms with Gasteiger partial charge in [0.05, 0.1) is 6.42 Å². The lowest BCUT2D eigenvalue weighted by molar-refractivity contribution is -0.149. The van der Waals surface area contributed by atoms with Crippen molar-refractivity contribution in [1.82, 2.24) is 0 Å². The molecule has 0 radical (unpaired) electrons. The maximum atomic E-state index is 10.5. The molecule has 1 heterocycles. The Morgan fingerprint density at radius 3 is 2.70 bits per heavy atom. The van der Waals surface area contributed by atoms with E-state index in [4.69, 9.17) is 5.11 Å². The standard InChI is InChI=1S/C6H8O4/c7-2-1-4-3-5(8)6(9)10-4/h4,7H,1-3H2. The summed E-state index contributed by atoms with van der Waals surface area (Å²) in [6.45, 7) is -0.0504. The molecule has 0 aromatic carbocycles. The van der Waals surface area contributed by atoms with Crippen LogP contribution in [0.15, 0.2) is 0 Å². The Hall–Kier alpha value is -0.900. The molecule has 1 aliphatic heterocycles. The van der Waals surface area contributed by atoms with Gasteiger partial charge in [-0.2, -0.15) is 0 Å². The first-order chi connectivity index (χ1) is 4.74. The third kappa shape index (κ3) is 1.33. The van der Waals surface area contributed by atoms with E-state index in [0.717, 1.165) is 0 Å². The van der Waals surface area contributed by atoms with Gasteiger partial charge in [-0.15, -0.1) is 0 Å². The van der Waals surface area contributed by atoms with Crippen molar-refractivity contribution >= 4 is 11.8 Å². The van der Waals surface area contributed by atoms with E-state index in [1.807, 2.05) is 0 Å². The number of carbonyl (C=O) groups is 2. The fraction of sp³-hybridized carbons (Fsp3) is 0.667. The summed E-state index contributed by atoms with van der Waals surface area (Å²) in [7, 11) is 0. The number of Topliss-reactive ketones (excluding diaryl/α,β-unsaturated/α-hetero) is 1. The van der Waals surface area contributed by atoms with Crippen LogP contribution in [0.1, 0.15) is 12.8 Å². The maximum absolute atomic E-state index is 10.5. The van der Waals surface area contributed by atoms with Gasteiger partial charge in [0, 0.05) is 13.0 Å². The van der Waals surface area contributed by atoms with E-state index in [-0.39, 0.29) is 19.1 Å². The minimum atomic E-state index is -0.765. The van der Waals surface area contributed by atoms with E-state index in [1.54, 1.807) is 0 Å². The molecule has 1 aliphatic rings. The summed E-state index contributed by atoms with van der Waals surface area (Å²) in [5.74, 6) is -1.25. The molecule has 0 amide bonds. The summed E-state index contributed by atoms with van der Waals surface area (Å²) in [6, 6.07) is 0. The van der Waals surface area contributed by atoms with Crippen molar-refractivity contribution in [1.29, 1.82) is 0 Å². The number of rotatable bonds is 2. The minimum Gasteiger partial charge on any atom is -0.456 e. The molecule has 0 aliphatic carbocycles. The van der Waals surface area contributed by atoms with E-state index >= 15 is 0 Å². The van der Waals surface area contributed by atoms with Gasteiger partial charge in [-0.3, -0.25) is 4.79 Å². The molecule has 10 heavy (non-hydrogen) atoms. The van der Waals surface area contributed by atoms with Crippen molar-refractivity contribution in [3.63, 3.8) is 0 Å². The van der Waals surface area contributed by atoms with Gasteiger partial charge in [-0.1, -0.05) is 0 Å². The topological polar surface area (TPSA) is 63.6 Å². The molecule has 56 valence electrons. The van der Waals surface area contributed by atoms with E-state index in [1.165, 1.54) is 0 Å². The first-order valence-electron chi connectivity index (χ1n) is 3.08. The van der Waals surface area contributed by atoms with Crippen molar-refractivity contribution in [3.05, 3.63) is 0 Å². The largest absolute Gasteiger partial charge is 0.456 e. The third-order valence-corrected chi connectivity index (χ3v) is 1.37. The van der Waals surface area contributed by atoms with Gasteiger partial charge < -0.3 is 9.84 Å². The highest BCUT2D eigenvalue weighted by molar-refractivity contribution is 6.35. The smallest absolute Gasteiger partial charge is 0.375 e. The molecule has 1 unspecified atom stereocenters. The van der Waals surface area contributed by atoms with Crippen LogP contribution in [0.4, 0.5) is 0 Å². The normalized spacial score (nSPS) is 25.1. The molecule has 0 aromatic rings. The molecule has 4 heteroatoms. The SMILES string of the molecule is O=C1CC(CCO)OC1=O. The lowest BCUT2D eigenvalue weighted by Gasteiger charge is -2.02. The molecular formula is C6H8O4. The average molecular weight is 144 g/mol. The fourth-order valence-electron chi connectivity index (χ4n) is 0.854. The molecule has 0 bridgehead atoms. The highest BCUT2D eigenvalue weighted by Crippen LogP contribution is 2.12. The van der Waals surface area contributed by atoms with Gasteiger partial charge in [0.2, 0.25) is 5.78 Å². The van der Waals surface area contributed by atoms with Crippen molar-refractivity contribution in [2.75, 3.05) is 6.61 Å². The average Bonchev–Trinajstić information content (AvgIpc) is 2.14. The molecule has 4 nitrogen and oxygen atoms in total. The summed E-state index contributed by atoms with van der Waals surface area (Å²) in [5.41, 5.74) is 0. The maximum Gasteiger partial charge on any atom is 0.375 e. The number of ketones is 1. The Kier molecular flexibility index (Phi) is 2.01. The zero-order valence-corrected chi connectivity index (χ0v) is 5.37. The summed E-state index contributed by atoms with van der Waals surface area (Å²) in [5, 5.41) is 8.40. The summed E-state index contributed by atoms with van der Waals surface area (Å²) < 4.78 is 4.57. The predicted molar refractivity (Wildman–Crippen MR) is 31.2 cm³/mol. The van der Waals surface area contributed by atoms with Crippen LogP contribution in [-0.4, -0.2) is 29.6 Å². The van der Waals surface area contributed by atoms with Gasteiger partial charge in [-0.05, 0) is 0 Å². The highest BCUT2D eigenvalue weighted by Gasteiger charge is 2.31. The van der Waals surface area contributed by atoms with Crippen molar-refractivity contribution < 1.29 is 19.4 Å². The van der Waals surface area contributed by atoms with E-state index < -0.39 is 11.8 Å². The number of cyclic esters (lactones) is 1. The molecule has 0 spiro atoms. The quantitative estimate of drug-likeness (QED) is 0.409. The van der Waals surface area contributed by atoms with Gasteiger partial charge in [0.1, 0.15) is 6.10 Å². The number of carbonyl (C=O) groups excluding carboxylic acids is 2. The van der Waals surface area contributed by atoms with Gasteiger partial charge in [0.15, 0.2) is 0 Å². The monoisotopic (exact) mass is 144 g/mol. The summed E-state index contributed by atoms with van der Waals surface area (Å²) >= 11 is 0. The van der Waals surface area contributed by atoms with E-state index in [9.17, 15) is 9.59 Å². The van der Waals surface area contributed by atoms with Crippen molar-refractivity contribution in [3.8, 4) is 0 Å². The summed E-state index contributed by atoms with van der Waals surface area (Å²) in [6.07, 6.45) is 0.0987. The molecule has 0 saturated carbocycles. The Labute approximate surface area is 57.8 Å². The number of esters is 1. The number of hydrogen-bond acceptors (Lipinski definition) is 4. The Morgan fingerprint density at radius 1 is 1.60 bits per heavy atom. The first kappa shape index (κ1) is 7.21. The molecular weight excluding hydrogens is 136 g/mol. The second-order valence-electron chi connectivity index (χ2n) is 2.17. The van der Waals surface area contributed by atoms with Crippen LogP contribution in [0.25, 0.3) is 0 Å². The molecule has 1 saturated heterocycles. The minimum absolute atomic E-state index is 0.0504. The van der Waals surface area contributed by atoms with Gasteiger partial charge >= 0.3 is 5.97 Å². The first-order valence-corrected chi connectivity index (χ1v) is 3.08. The second-order valence-corrected chi connectivity index (χ2v) is 2.17. The fourth-order valence-corrected chi connectivity index (χ4v) is 0.854. The van der Waals surface area contributed by atoms with Crippen molar-refractivity contribution in [2.45, 2.75) is 18.9 Å². The zero-order valence-electron chi connectivity index (χ0n) is 5.37. The second kappa shape index (κ2) is 2.79. The number of aliphatic hydroxyl groups is 1. The zero-order chi connectivity index (χ0) is 7.56. The molecule has 1 atom stereocenters. The third-order valence-electron chi connectivity index (χ3n) is 1.37. The molecule has 1 fully saturated rings. The Morgan fingerprint density at radius 2 is 2.30 bits per heavy atom. The van der Waals surface area contributed by atoms with Crippen LogP contribution in [0, 0.1) is 0 Å². The molecule has 0 aromatic heterocycles. The predicted octanol–water partition coefficient (Wildman–Crippen LogP) is -0.747. The van der Waals surface area contributed by atoms with Crippen LogP contribution in [0.5, 0.6) is 0 Å². The molecule has 1 N–H and O–H groups in total. The van der Waals surface area contributed by atoms with E-state index in [2.05, 4.69) is 4.74 Å². The number of hydrogen-bond donors (Lipinski definition) is 1. The van der Waals surface area contributed by atoms with E-state index in [0.29, 0.717) is 6.42 Å². The Balaban J connectivity index is 2.41. The molecule has 1 rings (SSSR count). The van der Waals surface area contributed by atoms with Gasteiger partial charge in [-0.25, -0.2) is 4.79 Å². The van der Waals surface area contributed by atoms with Crippen LogP contribution >= 0.6 is 0 Å². The van der Waals surface area contributed by atoms with Crippen LogP contribution < -0.4 is 0 Å². The lowest BCUT2D eigenvalue weighted by atomic mass is 10.2. The number of aliphatic hydroxyl groups excluding tert-OH is 1. The van der Waals surface area contributed by atoms with Crippen LogP contribution in [-0.2, 0) is 14.3 Å². The number of ether oxygens (including phenoxy) is 1.